The summed E-state index contributed by atoms with van der Waals surface area (Å²) in [5.74, 6) is 2.24. The molecule has 1 aromatic carbocycles. The van der Waals surface area contributed by atoms with Gasteiger partial charge in [-0.05, 0) is 48.9 Å². The molecule has 2 heteroatoms. The van der Waals surface area contributed by atoms with Crippen LogP contribution in [0.25, 0.3) is 0 Å². The lowest BCUT2D eigenvalue weighted by molar-refractivity contribution is 0.303. The maximum absolute atomic E-state index is 5.35. The predicted molar refractivity (Wildman–Crippen MR) is 82.8 cm³/mol. The minimum atomic E-state index is 0.421. The van der Waals surface area contributed by atoms with E-state index in [0.29, 0.717) is 17.9 Å². The second-order valence-electron chi connectivity index (χ2n) is 5.76. The van der Waals surface area contributed by atoms with Gasteiger partial charge >= 0.3 is 0 Å². The average Bonchev–Trinajstić information content (AvgIpc) is 2.39. The minimum Gasteiger partial charge on any atom is -0.496 e. The van der Waals surface area contributed by atoms with Crippen molar-refractivity contribution in [2.45, 2.75) is 47.1 Å². The summed E-state index contributed by atoms with van der Waals surface area (Å²) in [4.78, 5) is 0. The first-order valence-electron chi connectivity index (χ1n) is 7.39. The molecular formula is C17H29NO. The van der Waals surface area contributed by atoms with Gasteiger partial charge in [0.05, 0.1) is 7.11 Å². The molecule has 0 aliphatic carbocycles. The van der Waals surface area contributed by atoms with Crippen LogP contribution < -0.4 is 10.1 Å². The second-order valence-corrected chi connectivity index (χ2v) is 5.76. The van der Waals surface area contributed by atoms with E-state index in [9.17, 15) is 0 Å². The third kappa shape index (κ3) is 4.24. The molecule has 0 aliphatic rings. The van der Waals surface area contributed by atoms with E-state index < -0.39 is 0 Å². The zero-order chi connectivity index (χ0) is 14.4. The predicted octanol–water partition coefficient (Wildman–Crippen LogP) is 4.34. The van der Waals surface area contributed by atoms with Crippen LogP contribution in [0.5, 0.6) is 5.75 Å². The third-order valence-electron chi connectivity index (χ3n) is 3.97. The molecule has 0 saturated heterocycles. The molecule has 0 aliphatic heterocycles. The van der Waals surface area contributed by atoms with E-state index in [2.05, 4.69) is 58.1 Å². The fourth-order valence-electron chi connectivity index (χ4n) is 2.39. The highest BCUT2D eigenvalue weighted by atomic mass is 16.5. The van der Waals surface area contributed by atoms with Gasteiger partial charge in [-0.3, -0.25) is 0 Å². The Kier molecular flexibility index (Phi) is 6.36. The lowest BCUT2D eigenvalue weighted by Gasteiger charge is -2.29. The number of aryl methyl sites for hydroxylation is 1. The Labute approximate surface area is 118 Å². The van der Waals surface area contributed by atoms with Gasteiger partial charge in [0, 0.05) is 6.04 Å². The Morgan fingerprint density at radius 1 is 1.21 bits per heavy atom. The molecule has 2 atom stereocenters. The van der Waals surface area contributed by atoms with Crippen LogP contribution in [0, 0.1) is 18.8 Å². The highest BCUT2D eigenvalue weighted by molar-refractivity contribution is 5.37. The van der Waals surface area contributed by atoms with Crippen LogP contribution in [-0.4, -0.2) is 13.7 Å². The van der Waals surface area contributed by atoms with E-state index in [-0.39, 0.29) is 0 Å². The van der Waals surface area contributed by atoms with Crippen molar-refractivity contribution >= 4 is 0 Å². The first-order valence-corrected chi connectivity index (χ1v) is 7.39. The van der Waals surface area contributed by atoms with Crippen molar-refractivity contribution in [3.05, 3.63) is 29.3 Å². The zero-order valence-electron chi connectivity index (χ0n) is 13.3. The smallest absolute Gasteiger partial charge is 0.121 e. The Balaban J connectivity index is 2.99. The molecule has 1 aromatic rings. The summed E-state index contributed by atoms with van der Waals surface area (Å²) in [5.41, 5.74) is 2.58. The van der Waals surface area contributed by atoms with E-state index in [1.807, 2.05) is 0 Å². The minimum absolute atomic E-state index is 0.421. The molecule has 0 amide bonds. The molecule has 0 fully saturated rings. The number of methoxy groups -OCH3 is 1. The molecule has 0 radical (unpaired) electrons. The van der Waals surface area contributed by atoms with Crippen LogP contribution in [-0.2, 0) is 0 Å². The Morgan fingerprint density at radius 3 is 2.37 bits per heavy atom. The van der Waals surface area contributed by atoms with Gasteiger partial charge < -0.3 is 10.1 Å². The van der Waals surface area contributed by atoms with Crippen LogP contribution in [0.2, 0.25) is 0 Å². The van der Waals surface area contributed by atoms with Crippen LogP contribution in [0.4, 0.5) is 0 Å². The van der Waals surface area contributed by atoms with Gasteiger partial charge in [-0.25, -0.2) is 0 Å². The molecular weight excluding hydrogens is 234 g/mol. The topological polar surface area (TPSA) is 21.3 Å². The maximum atomic E-state index is 5.35. The van der Waals surface area contributed by atoms with Gasteiger partial charge in [0.25, 0.3) is 0 Å². The largest absolute Gasteiger partial charge is 0.496 e. The van der Waals surface area contributed by atoms with E-state index in [1.54, 1.807) is 7.11 Å². The van der Waals surface area contributed by atoms with Gasteiger partial charge in [0.2, 0.25) is 0 Å². The molecule has 1 N–H and O–H groups in total. The first-order chi connectivity index (χ1) is 9.01. The van der Waals surface area contributed by atoms with Crippen LogP contribution in [0.1, 0.15) is 51.3 Å². The number of rotatable bonds is 7. The second kappa shape index (κ2) is 7.54. The van der Waals surface area contributed by atoms with E-state index >= 15 is 0 Å². The molecule has 0 saturated carbocycles. The highest BCUT2D eigenvalue weighted by Crippen LogP contribution is 2.30. The van der Waals surface area contributed by atoms with Crippen LogP contribution in [0.15, 0.2) is 18.2 Å². The standard InChI is InChI=1S/C17H29NO/c1-7-10-18-17(14(5)12(2)3)15-8-9-16(19-6)13(4)11-15/h8-9,11-12,14,17-18H,7,10H2,1-6H3. The van der Waals surface area contributed by atoms with Crippen LogP contribution >= 0.6 is 0 Å². The normalized spacial score (nSPS) is 14.5. The molecule has 0 bridgehead atoms. The van der Waals surface area contributed by atoms with Gasteiger partial charge in [-0.15, -0.1) is 0 Å². The Morgan fingerprint density at radius 2 is 1.89 bits per heavy atom. The summed E-state index contributed by atoms with van der Waals surface area (Å²) in [5, 5.41) is 3.69. The van der Waals surface area contributed by atoms with Crippen molar-refractivity contribution in [2.24, 2.45) is 11.8 Å². The zero-order valence-corrected chi connectivity index (χ0v) is 13.3. The van der Waals surface area contributed by atoms with Crippen molar-refractivity contribution in [2.75, 3.05) is 13.7 Å². The number of nitrogens with one attached hydrogen (secondary N) is 1. The Bertz CT molecular complexity index is 387. The van der Waals surface area contributed by atoms with E-state index in [1.165, 1.54) is 11.1 Å². The monoisotopic (exact) mass is 263 g/mol. The summed E-state index contributed by atoms with van der Waals surface area (Å²) < 4.78 is 5.35. The lowest BCUT2D eigenvalue weighted by Crippen LogP contribution is -2.30. The summed E-state index contributed by atoms with van der Waals surface area (Å²) >= 11 is 0. The van der Waals surface area contributed by atoms with Gasteiger partial charge in [-0.2, -0.15) is 0 Å². The number of benzene rings is 1. The molecule has 0 spiro atoms. The highest BCUT2D eigenvalue weighted by Gasteiger charge is 2.21. The molecule has 108 valence electrons. The maximum Gasteiger partial charge on any atom is 0.121 e. The number of ether oxygens (including phenoxy) is 1. The van der Waals surface area contributed by atoms with Crippen molar-refractivity contribution in [3.8, 4) is 5.75 Å². The fourth-order valence-corrected chi connectivity index (χ4v) is 2.39. The number of hydrogen-bond donors (Lipinski definition) is 1. The molecule has 2 nitrogen and oxygen atoms in total. The molecule has 0 aromatic heterocycles. The summed E-state index contributed by atoms with van der Waals surface area (Å²) in [6, 6.07) is 6.95. The molecule has 0 heterocycles. The third-order valence-corrected chi connectivity index (χ3v) is 3.97. The van der Waals surface area contributed by atoms with E-state index in [0.717, 1.165) is 18.7 Å². The summed E-state index contributed by atoms with van der Waals surface area (Å²) in [7, 11) is 1.73. The summed E-state index contributed by atoms with van der Waals surface area (Å²) in [6.07, 6.45) is 1.16. The van der Waals surface area contributed by atoms with Gasteiger partial charge in [-0.1, -0.05) is 39.8 Å². The molecule has 1 rings (SSSR count). The quantitative estimate of drug-likeness (QED) is 0.790. The average molecular weight is 263 g/mol. The fraction of sp³-hybridized carbons (Fsp3) is 0.647. The van der Waals surface area contributed by atoms with Gasteiger partial charge in [0.1, 0.15) is 5.75 Å². The first kappa shape index (κ1) is 16.0. The van der Waals surface area contributed by atoms with Crippen molar-refractivity contribution < 1.29 is 4.74 Å². The van der Waals surface area contributed by atoms with Crippen molar-refractivity contribution in [1.82, 2.24) is 5.32 Å². The molecule has 19 heavy (non-hydrogen) atoms. The van der Waals surface area contributed by atoms with Crippen molar-refractivity contribution in [3.63, 3.8) is 0 Å². The molecule has 2 unspecified atom stereocenters. The lowest BCUT2D eigenvalue weighted by atomic mass is 9.85. The van der Waals surface area contributed by atoms with Crippen molar-refractivity contribution in [1.29, 1.82) is 0 Å². The summed E-state index contributed by atoms with van der Waals surface area (Å²) in [6.45, 7) is 12.3. The van der Waals surface area contributed by atoms with Gasteiger partial charge in [0.15, 0.2) is 0 Å². The SMILES string of the molecule is CCCNC(c1ccc(OC)c(C)c1)C(C)C(C)C. The number of hydrogen-bond acceptors (Lipinski definition) is 2. The Hall–Kier alpha value is -1.02. The van der Waals surface area contributed by atoms with E-state index in [4.69, 9.17) is 4.74 Å². The van der Waals surface area contributed by atoms with Crippen LogP contribution in [0.3, 0.4) is 0 Å².